The van der Waals surface area contributed by atoms with Crippen LogP contribution in [-0.4, -0.2) is 38.2 Å². The zero-order chi connectivity index (χ0) is 10.1. The van der Waals surface area contributed by atoms with Gasteiger partial charge in [-0.05, 0) is 12.8 Å². The molecular weight excluding hydrogens is 196 g/mol. The van der Waals surface area contributed by atoms with Gasteiger partial charge in [0, 0.05) is 6.54 Å². The van der Waals surface area contributed by atoms with E-state index >= 15 is 0 Å². The van der Waals surface area contributed by atoms with Crippen molar-refractivity contribution >= 4 is 16.0 Å². The molecule has 13 heavy (non-hydrogen) atoms. The maximum atomic E-state index is 10.8. The highest BCUT2D eigenvalue weighted by atomic mass is 32.2. The van der Waals surface area contributed by atoms with Crippen molar-refractivity contribution in [2.24, 2.45) is 5.73 Å². The summed E-state index contributed by atoms with van der Waals surface area (Å²) >= 11 is 0. The zero-order valence-corrected chi connectivity index (χ0v) is 8.08. The third kappa shape index (κ3) is 2.94. The Morgan fingerprint density at radius 2 is 2.23 bits per heavy atom. The second-order valence-electron chi connectivity index (χ2n) is 2.98. The van der Waals surface area contributed by atoms with E-state index in [9.17, 15) is 13.2 Å². The van der Waals surface area contributed by atoms with Crippen LogP contribution in [-0.2, 0) is 19.2 Å². The summed E-state index contributed by atoms with van der Waals surface area (Å²) in [6.45, 7) is 0.417. The number of hydroxylamine groups is 2. The first-order chi connectivity index (χ1) is 5.90. The monoisotopic (exact) mass is 208 g/mol. The summed E-state index contributed by atoms with van der Waals surface area (Å²) in [7, 11) is -3.56. The molecule has 76 valence electrons. The number of hydrogen-bond acceptors (Lipinski definition) is 5. The van der Waals surface area contributed by atoms with Crippen molar-refractivity contribution < 1.29 is 17.5 Å². The summed E-state index contributed by atoms with van der Waals surface area (Å²) < 4.78 is 26.1. The number of amides is 1. The molecule has 0 aromatic rings. The SMILES string of the molecule is CS(=O)(=O)ON1CCCC1C(N)=O. The fraction of sp³-hybridized carbons (Fsp3) is 0.833. The molecule has 1 fully saturated rings. The molecule has 1 saturated heterocycles. The predicted octanol–water partition coefficient (Wildman–Crippen LogP) is -1.17. The first-order valence-corrected chi connectivity index (χ1v) is 5.67. The van der Waals surface area contributed by atoms with Crippen molar-refractivity contribution in [2.75, 3.05) is 12.8 Å². The number of carbonyl (C=O) groups is 1. The lowest BCUT2D eigenvalue weighted by Gasteiger charge is -2.18. The summed E-state index contributed by atoms with van der Waals surface area (Å²) in [6.07, 6.45) is 2.19. The standard InChI is InChI=1S/C6H12N2O4S/c1-13(10,11)12-8-4-2-3-5(8)6(7)9/h5H,2-4H2,1H3,(H2,7,9). The van der Waals surface area contributed by atoms with Crippen LogP contribution in [0, 0.1) is 0 Å². The van der Waals surface area contributed by atoms with E-state index in [1.54, 1.807) is 0 Å². The minimum atomic E-state index is -3.56. The van der Waals surface area contributed by atoms with E-state index in [0.717, 1.165) is 11.3 Å². The van der Waals surface area contributed by atoms with Crippen molar-refractivity contribution in [1.29, 1.82) is 0 Å². The van der Waals surface area contributed by atoms with Crippen LogP contribution in [0.15, 0.2) is 0 Å². The lowest BCUT2D eigenvalue weighted by Crippen LogP contribution is -2.41. The van der Waals surface area contributed by atoms with Gasteiger partial charge < -0.3 is 5.73 Å². The molecule has 1 aliphatic heterocycles. The summed E-state index contributed by atoms with van der Waals surface area (Å²) in [5.74, 6) is -0.554. The van der Waals surface area contributed by atoms with E-state index in [-0.39, 0.29) is 0 Å². The van der Waals surface area contributed by atoms with Crippen molar-refractivity contribution in [1.82, 2.24) is 5.06 Å². The summed E-state index contributed by atoms with van der Waals surface area (Å²) in [4.78, 5) is 10.8. The Kier molecular flexibility index (Phi) is 2.89. The van der Waals surface area contributed by atoms with Crippen molar-refractivity contribution in [3.8, 4) is 0 Å². The molecule has 0 saturated carbocycles. The van der Waals surface area contributed by atoms with Gasteiger partial charge in [0.05, 0.1) is 6.26 Å². The second-order valence-corrected chi connectivity index (χ2v) is 4.54. The normalized spacial score (nSPS) is 24.8. The van der Waals surface area contributed by atoms with E-state index in [0.29, 0.717) is 19.4 Å². The second kappa shape index (κ2) is 3.60. The maximum absolute atomic E-state index is 10.8. The molecule has 0 aliphatic carbocycles. The van der Waals surface area contributed by atoms with Gasteiger partial charge in [0.2, 0.25) is 5.91 Å². The Bertz CT molecular complexity index is 300. The molecule has 0 aromatic carbocycles. The predicted molar refractivity (Wildman–Crippen MR) is 44.9 cm³/mol. The van der Waals surface area contributed by atoms with Crippen LogP contribution in [0.1, 0.15) is 12.8 Å². The molecule has 6 nitrogen and oxygen atoms in total. The molecule has 0 radical (unpaired) electrons. The Morgan fingerprint density at radius 1 is 1.62 bits per heavy atom. The van der Waals surface area contributed by atoms with Gasteiger partial charge >= 0.3 is 0 Å². The highest BCUT2D eigenvalue weighted by Crippen LogP contribution is 2.18. The number of hydrogen-bond donors (Lipinski definition) is 1. The van der Waals surface area contributed by atoms with E-state index in [2.05, 4.69) is 4.28 Å². The fourth-order valence-corrected chi connectivity index (χ4v) is 1.81. The van der Waals surface area contributed by atoms with Crippen molar-refractivity contribution in [3.63, 3.8) is 0 Å². The first-order valence-electron chi connectivity index (χ1n) is 3.85. The molecule has 1 aliphatic rings. The number of nitrogens with zero attached hydrogens (tertiary/aromatic N) is 1. The highest BCUT2D eigenvalue weighted by Gasteiger charge is 2.32. The molecule has 2 N–H and O–H groups in total. The van der Waals surface area contributed by atoms with Gasteiger partial charge in [-0.1, -0.05) is 0 Å². The van der Waals surface area contributed by atoms with Crippen LogP contribution >= 0.6 is 0 Å². The number of rotatable bonds is 3. The minimum absolute atomic E-state index is 0.417. The van der Waals surface area contributed by atoms with Crippen LogP contribution in [0.2, 0.25) is 0 Å². The molecule has 1 amide bonds. The van der Waals surface area contributed by atoms with Crippen molar-refractivity contribution in [2.45, 2.75) is 18.9 Å². The van der Waals surface area contributed by atoms with Crippen LogP contribution in [0.5, 0.6) is 0 Å². The van der Waals surface area contributed by atoms with Crippen LogP contribution in [0.25, 0.3) is 0 Å². The first kappa shape index (κ1) is 10.4. The lowest BCUT2D eigenvalue weighted by atomic mass is 10.2. The van der Waals surface area contributed by atoms with Crippen LogP contribution < -0.4 is 5.73 Å². The fourth-order valence-electron chi connectivity index (χ4n) is 1.29. The van der Waals surface area contributed by atoms with Gasteiger partial charge in [0.25, 0.3) is 10.1 Å². The smallest absolute Gasteiger partial charge is 0.280 e. The van der Waals surface area contributed by atoms with Crippen LogP contribution in [0.3, 0.4) is 0 Å². The van der Waals surface area contributed by atoms with E-state index in [4.69, 9.17) is 5.73 Å². The average molecular weight is 208 g/mol. The van der Waals surface area contributed by atoms with E-state index in [1.165, 1.54) is 0 Å². The highest BCUT2D eigenvalue weighted by molar-refractivity contribution is 7.85. The topological polar surface area (TPSA) is 89.7 Å². The quantitative estimate of drug-likeness (QED) is 0.631. The van der Waals surface area contributed by atoms with E-state index < -0.39 is 22.1 Å². The molecule has 0 spiro atoms. The lowest BCUT2D eigenvalue weighted by molar-refractivity contribution is -0.134. The van der Waals surface area contributed by atoms with Gasteiger partial charge in [-0.2, -0.15) is 17.8 Å². The summed E-state index contributed by atoms with van der Waals surface area (Å²) in [5.41, 5.74) is 5.05. The third-order valence-corrected chi connectivity index (χ3v) is 2.23. The number of primary amides is 1. The largest absolute Gasteiger partial charge is 0.368 e. The Balaban J connectivity index is 2.64. The maximum Gasteiger partial charge on any atom is 0.280 e. The summed E-state index contributed by atoms with van der Waals surface area (Å²) in [5, 5.41) is 1.12. The number of nitrogens with two attached hydrogens (primary N) is 1. The average Bonchev–Trinajstić information content (AvgIpc) is 2.31. The molecule has 0 bridgehead atoms. The molecule has 0 aromatic heterocycles. The van der Waals surface area contributed by atoms with Crippen molar-refractivity contribution in [3.05, 3.63) is 0 Å². The minimum Gasteiger partial charge on any atom is -0.368 e. The third-order valence-electron chi connectivity index (χ3n) is 1.76. The zero-order valence-electron chi connectivity index (χ0n) is 7.26. The molecular formula is C6H12N2O4S. The van der Waals surface area contributed by atoms with Gasteiger partial charge in [-0.3, -0.25) is 4.79 Å². The summed E-state index contributed by atoms with van der Waals surface area (Å²) in [6, 6.07) is -0.616. The molecule has 1 rings (SSSR count). The molecule has 1 atom stereocenters. The van der Waals surface area contributed by atoms with E-state index in [1.807, 2.05) is 0 Å². The Labute approximate surface area is 76.7 Å². The number of carbonyl (C=O) groups excluding carboxylic acids is 1. The molecule has 1 heterocycles. The van der Waals surface area contributed by atoms with Gasteiger partial charge in [-0.25, -0.2) is 0 Å². The van der Waals surface area contributed by atoms with Gasteiger partial charge in [0.1, 0.15) is 6.04 Å². The van der Waals surface area contributed by atoms with Gasteiger partial charge in [0.15, 0.2) is 0 Å². The van der Waals surface area contributed by atoms with Crippen LogP contribution in [0.4, 0.5) is 0 Å². The van der Waals surface area contributed by atoms with Gasteiger partial charge in [-0.15, -0.1) is 0 Å². The Morgan fingerprint density at radius 3 is 2.69 bits per heavy atom. The Hall–Kier alpha value is -0.660. The molecule has 7 heteroatoms. The molecule has 1 unspecified atom stereocenters.